The van der Waals surface area contributed by atoms with E-state index in [0.29, 0.717) is 11.7 Å². The summed E-state index contributed by atoms with van der Waals surface area (Å²) in [6.07, 6.45) is 3.35. The normalized spacial score (nSPS) is 23.5. The van der Waals surface area contributed by atoms with Gasteiger partial charge in [-0.2, -0.15) is 0 Å². The van der Waals surface area contributed by atoms with Crippen LogP contribution in [0.15, 0.2) is 18.2 Å². The number of nitro benzene ring substituents is 1. The highest BCUT2D eigenvalue weighted by molar-refractivity contribution is 5.63. The van der Waals surface area contributed by atoms with E-state index in [1.165, 1.54) is 25.0 Å². The largest absolute Gasteiger partial charge is 0.365 e. The second-order valence-electron chi connectivity index (χ2n) is 6.97. The Labute approximate surface area is 142 Å². The number of hydrogen-bond acceptors (Lipinski definition) is 5. The van der Waals surface area contributed by atoms with Crippen LogP contribution < -0.4 is 4.90 Å². The lowest BCUT2D eigenvalue weighted by Gasteiger charge is -2.35. The molecular formula is C17H25FN4O2. The average Bonchev–Trinajstić information content (AvgIpc) is 3.04. The van der Waals surface area contributed by atoms with E-state index in [-0.39, 0.29) is 11.7 Å². The van der Waals surface area contributed by atoms with Crippen LogP contribution >= 0.6 is 0 Å². The fourth-order valence-electron chi connectivity index (χ4n) is 3.91. The zero-order chi connectivity index (χ0) is 17.3. The molecule has 132 valence electrons. The third-order valence-electron chi connectivity index (χ3n) is 5.46. The lowest BCUT2D eigenvalue weighted by molar-refractivity contribution is -0.384. The molecule has 0 amide bonds. The molecular weight excluding hydrogens is 311 g/mol. The molecule has 1 aromatic rings. The maximum atomic E-state index is 13.3. The van der Waals surface area contributed by atoms with Crippen LogP contribution in [0.5, 0.6) is 0 Å². The molecule has 0 unspecified atom stereocenters. The van der Waals surface area contributed by atoms with Crippen molar-refractivity contribution in [2.45, 2.75) is 31.3 Å². The first-order chi connectivity index (χ1) is 11.5. The Morgan fingerprint density at radius 2 is 1.96 bits per heavy atom. The van der Waals surface area contributed by atoms with Crippen LogP contribution in [0.2, 0.25) is 0 Å². The minimum atomic E-state index is -0.571. The van der Waals surface area contributed by atoms with Crippen LogP contribution in [0.3, 0.4) is 0 Å². The molecule has 2 aliphatic heterocycles. The molecule has 3 rings (SSSR count). The number of likely N-dealkylation sites (N-methyl/N-ethyl adjacent to an activating group) is 1. The van der Waals surface area contributed by atoms with Crippen LogP contribution in [0.25, 0.3) is 0 Å². The molecule has 0 saturated carbocycles. The smallest absolute Gasteiger partial charge is 0.295 e. The SMILES string of the molecule is CN1CCC(N2CC[C@H](N(C)c3ccc(F)cc3[N+](=O)[O-])C2)CC1. The van der Waals surface area contributed by atoms with Gasteiger partial charge in [0, 0.05) is 32.2 Å². The molecule has 1 atom stereocenters. The van der Waals surface area contributed by atoms with Crippen LogP contribution in [0, 0.1) is 15.9 Å². The first kappa shape index (κ1) is 17.1. The topological polar surface area (TPSA) is 52.9 Å². The van der Waals surface area contributed by atoms with Crippen LogP contribution in [0.1, 0.15) is 19.3 Å². The van der Waals surface area contributed by atoms with Gasteiger partial charge in [0.05, 0.1) is 11.0 Å². The summed E-state index contributed by atoms with van der Waals surface area (Å²) in [5.74, 6) is -0.571. The number of halogens is 1. The van der Waals surface area contributed by atoms with Gasteiger partial charge in [-0.25, -0.2) is 4.39 Å². The van der Waals surface area contributed by atoms with E-state index in [1.807, 2.05) is 11.9 Å². The number of likely N-dealkylation sites (tertiary alicyclic amines) is 2. The Morgan fingerprint density at radius 1 is 1.25 bits per heavy atom. The van der Waals surface area contributed by atoms with Gasteiger partial charge in [-0.3, -0.25) is 15.0 Å². The maximum Gasteiger partial charge on any atom is 0.295 e. The average molecular weight is 336 g/mol. The van der Waals surface area contributed by atoms with E-state index >= 15 is 0 Å². The monoisotopic (exact) mass is 336 g/mol. The number of hydrogen-bond donors (Lipinski definition) is 0. The molecule has 7 heteroatoms. The van der Waals surface area contributed by atoms with E-state index in [2.05, 4.69) is 16.8 Å². The summed E-state index contributed by atoms with van der Waals surface area (Å²) in [7, 11) is 4.04. The number of benzene rings is 1. The van der Waals surface area contributed by atoms with Crippen LogP contribution in [0.4, 0.5) is 15.8 Å². The third kappa shape index (κ3) is 3.52. The summed E-state index contributed by atoms with van der Waals surface area (Å²) in [6.45, 7) is 4.20. The molecule has 0 aromatic heterocycles. The van der Waals surface area contributed by atoms with E-state index in [9.17, 15) is 14.5 Å². The van der Waals surface area contributed by atoms with Gasteiger partial charge in [0.15, 0.2) is 0 Å². The lowest BCUT2D eigenvalue weighted by Crippen LogP contribution is -2.44. The van der Waals surface area contributed by atoms with Crippen molar-refractivity contribution in [2.24, 2.45) is 0 Å². The molecule has 0 spiro atoms. The van der Waals surface area contributed by atoms with Gasteiger partial charge in [-0.05, 0) is 51.5 Å². The standard InChI is InChI=1S/C17H25FN4O2/c1-19-8-5-14(6-9-19)21-10-7-15(12-21)20(2)16-4-3-13(18)11-17(16)22(23)24/h3-4,11,14-15H,5-10,12H2,1-2H3/t15-/m0/s1. The number of nitro groups is 1. The highest BCUT2D eigenvalue weighted by Crippen LogP contribution is 2.32. The molecule has 0 N–H and O–H groups in total. The Bertz CT molecular complexity index is 604. The minimum absolute atomic E-state index is 0.157. The van der Waals surface area contributed by atoms with Gasteiger partial charge in [0.25, 0.3) is 5.69 Å². The number of anilines is 1. The molecule has 0 aliphatic carbocycles. The number of rotatable bonds is 4. The zero-order valence-electron chi connectivity index (χ0n) is 14.3. The number of piperidine rings is 1. The third-order valence-corrected chi connectivity index (χ3v) is 5.46. The molecule has 0 bridgehead atoms. The summed E-state index contributed by atoms with van der Waals surface area (Å²) in [4.78, 5) is 17.6. The molecule has 1 aromatic carbocycles. The van der Waals surface area contributed by atoms with Gasteiger partial charge in [0.2, 0.25) is 0 Å². The van der Waals surface area contributed by atoms with Crippen molar-refractivity contribution in [2.75, 3.05) is 45.2 Å². The summed E-state index contributed by atoms with van der Waals surface area (Å²) < 4.78 is 13.3. The summed E-state index contributed by atoms with van der Waals surface area (Å²) in [6, 6.07) is 4.67. The fourth-order valence-corrected chi connectivity index (χ4v) is 3.91. The van der Waals surface area contributed by atoms with Gasteiger partial charge in [0.1, 0.15) is 11.5 Å². The zero-order valence-corrected chi connectivity index (χ0v) is 14.3. The summed E-state index contributed by atoms with van der Waals surface area (Å²) >= 11 is 0. The quantitative estimate of drug-likeness (QED) is 0.624. The fraction of sp³-hybridized carbons (Fsp3) is 0.647. The first-order valence-corrected chi connectivity index (χ1v) is 8.55. The van der Waals surface area contributed by atoms with Crippen molar-refractivity contribution in [3.05, 3.63) is 34.1 Å². The summed E-state index contributed by atoms with van der Waals surface area (Å²) in [5, 5.41) is 11.2. The highest BCUT2D eigenvalue weighted by atomic mass is 19.1. The van der Waals surface area contributed by atoms with E-state index in [1.54, 1.807) is 0 Å². The van der Waals surface area contributed by atoms with E-state index in [0.717, 1.165) is 38.7 Å². The second-order valence-corrected chi connectivity index (χ2v) is 6.97. The second kappa shape index (κ2) is 7.03. The predicted molar refractivity (Wildman–Crippen MR) is 92.0 cm³/mol. The van der Waals surface area contributed by atoms with Crippen molar-refractivity contribution in [1.29, 1.82) is 0 Å². The molecule has 0 radical (unpaired) electrons. The van der Waals surface area contributed by atoms with Gasteiger partial charge in [-0.1, -0.05) is 0 Å². The first-order valence-electron chi connectivity index (χ1n) is 8.55. The molecule has 2 fully saturated rings. The van der Waals surface area contributed by atoms with Crippen molar-refractivity contribution >= 4 is 11.4 Å². The lowest BCUT2D eigenvalue weighted by atomic mass is 10.0. The molecule has 2 aliphatic rings. The Kier molecular flexibility index (Phi) is 5.01. The molecule has 2 heterocycles. The maximum absolute atomic E-state index is 13.3. The van der Waals surface area contributed by atoms with E-state index < -0.39 is 10.7 Å². The van der Waals surface area contributed by atoms with Crippen molar-refractivity contribution in [3.8, 4) is 0 Å². The van der Waals surface area contributed by atoms with Crippen molar-refractivity contribution in [1.82, 2.24) is 9.80 Å². The van der Waals surface area contributed by atoms with Gasteiger partial charge in [-0.15, -0.1) is 0 Å². The van der Waals surface area contributed by atoms with Crippen molar-refractivity contribution < 1.29 is 9.31 Å². The summed E-state index contributed by atoms with van der Waals surface area (Å²) in [5.41, 5.74) is 0.340. The Morgan fingerprint density at radius 3 is 2.62 bits per heavy atom. The van der Waals surface area contributed by atoms with Gasteiger partial charge >= 0.3 is 0 Å². The molecule has 24 heavy (non-hydrogen) atoms. The van der Waals surface area contributed by atoms with Gasteiger partial charge < -0.3 is 9.80 Å². The predicted octanol–water partition coefficient (Wildman–Crippen LogP) is 2.34. The molecule has 2 saturated heterocycles. The highest BCUT2D eigenvalue weighted by Gasteiger charge is 2.33. The van der Waals surface area contributed by atoms with Crippen LogP contribution in [-0.4, -0.2) is 67.1 Å². The Balaban J connectivity index is 1.68. The number of nitrogens with zero attached hydrogens (tertiary/aromatic N) is 4. The molecule has 6 nitrogen and oxygen atoms in total. The van der Waals surface area contributed by atoms with Crippen LogP contribution in [-0.2, 0) is 0 Å². The minimum Gasteiger partial charge on any atom is -0.365 e. The van der Waals surface area contributed by atoms with Crippen molar-refractivity contribution in [3.63, 3.8) is 0 Å². The van der Waals surface area contributed by atoms with E-state index in [4.69, 9.17) is 0 Å². The Hall–Kier alpha value is -1.73.